The summed E-state index contributed by atoms with van der Waals surface area (Å²) in [4.78, 5) is 136. The number of carbonyl (C=O) groups is 8. The Morgan fingerprint density at radius 3 is 2.49 bits per heavy atom. The first-order chi connectivity index (χ1) is 37.3. The Kier molecular flexibility index (Phi) is 16.7. The summed E-state index contributed by atoms with van der Waals surface area (Å²) in [5, 5.41) is 8.71. The molecule has 408 valence electrons. The van der Waals surface area contributed by atoms with Crippen molar-refractivity contribution in [3.8, 4) is 22.3 Å². The van der Waals surface area contributed by atoms with E-state index in [1.807, 2.05) is 36.4 Å². The standard InChI is InChI=1S/C54H55F2N8O11PS2/c55-54(56,76(73,74)75)34-16-21-42-33(26-34)27-43(77-42)50(70)60-39-30-62(47(67)15-8-3-1-2-5-10-31-13-9-14-36-37(31)29-63(52(36)71)40-20-23-46(66)61-48(40)68)25-24-35-17-19-41(64(35)53(39)72)49(69)59-38(18-22-45(57)65)51-58-28-44(78-51)32-11-6-4-7-12-32/h4,6-7,9,11-14,16,21,26-28,35,38-41H,1-3,8,15,17-20,22-25,29-30H2,(H2,57,65)(H,59,69)(H,60,70)(H,61,66,68)(H2,73,74,75)/t35-,38?,39+,40?,41+/m1/s1. The van der Waals surface area contributed by atoms with Crippen LogP contribution in [0.1, 0.15) is 125 Å². The first-order valence-corrected chi connectivity index (χ1v) is 28.8. The molecule has 0 saturated carbocycles. The summed E-state index contributed by atoms with van der Waals surface area (Å²) in [5.74, 6) is 2.39. The molecule has 9 rings (SSSR count). The average molecular weight is 1130 g/mol. The molecule has 2 unspecified atom stereocenters. The van der Waals surface area contributed by atoms with E-state index in [0.29, 0.717) is 64.9 Å². The van der Waals surface area contributed by atoms with E-state index >= 15 is 0 Å². The van der Waals surface area contributed by atoms with Gasteiger partial charge in [-0.15, -0.1) is 22.7 Å². The summed E-state index contributed by atoms with van der Waals surface area (Å²) in [6.45, 7) is 0.120. The van der Waals surface area contributed by atoms with E-state index in [0.717, 1.165) is 33.9 Å². The van der Waals surface area contributed by atoms with Gasteiger partial charge in [-0.2, -0.15) is 8.78 Å². The summed E-state index contributed by atoms with van der Waals surface area (Å²) >= 11 is 2.24. The van der Waals surface area contributed by atoms with Crippen molar-refractivity contribution in [1.29, 1.82) is 0 Å². The van der Waals surface area contributed by atoms with Crippen molar-refractivity contribution >= 4 is 87.6 Å². The average Bonchev–Trinajstić information content (AvgIpc) is 4.29. The van der Waals surface area contributed by atoms with Gasteiger partial charge in [-0.05, 0) is 91.8 Å². The van der Waals surface area contributed by atoms with Crippen LogP contribution >= 0.6 is 30.3 Å². The number of aromatic nitrogens is 1. The van der Waals surface area contributed by atoms with Crippen LogP contribution in [0.3, 0.4) is 0 Å². The third-order valence-electron chi connectivity index (χ3n) is 14.5. The highest BCUT2D eigenvalue weighted by atomic mass is 32.1. The predicted molar refractivity (Wildman–Crippen MR) is 283 cm³/mol. The number of fused-ring (bicyclic) bond motifs is 3. The molecule has 3 saturated heterocycles. The van der Waals surface area contributed by atoms with E-state index in [-0.39, 0.29) is 86.1 Å². The highest BCUT2D eigenvalue weighted by Crippen LogP contribution is 2.59. The number of alkyl halides is 2. The Balaban J connectivity index is 0.879. The lowest BCUT2D eigenvalue weighted by molar-refractivity contribution is -0.145. The molecule has 7 N–H and O–H groups in total. The van der Waals surface area contributed by atoms with Crippen molar-refractivity contribution in [2.75, 3.05) is 13.1 Å². The molecule has 3 aromatic carbocycles. The lowest BCUT2D eigenvalue weighted by atomic mass is 10.0. The van der Waals surface area contributed by atoms with Gasteiger partial charge < -0.3 is 40.9 Å². The van der Waals surface area contributed by atoms with E-state index in [1.54, 1.807) is 18.3 Å². The zero-order valence-corrected chi connectivity index (χ0v) is 44.5. The lowest BCUT2D eigenvalue weighted by Crippen LogP contribution is -2.61. The maximum absolute atomic E-state index is 14.9. The topological polar surface area (TPSA) is 279 Å². The largest absolute Gasteiger partial charge is 0.399 e. The van der Waals surface area contributed by atoms with Crippen molar-refractivity contribution in [2.24, 2.45) is 5.73 Å². The molecule has 4 aliphatic rings. The molecule has 3 fully saturated rings. The fourth-order valence-corrected chi connectivity index (χ4v) is 12.8. The van der Waals surface area contributed by atoms with Crippen LogP contribution in [0.15, 0.2) is 79.0 Å². The van der Waals surface area contributed by atoms with Crippen molar-refractivity contribution in [2.45, 2.75) is 119 Å². The number of imide groups is 1. The number of nitrogens with zero attached hydrogens (tertiary/aromatic N) is 4. The Hall–Kier alpha value is -7.22. The van der Waals surface area contributed by atoms with Gasteiger partial charge in [-0.3, -0.25) is 48.2 Å². The summed E-state index contributed by atoms with van der Waals surface area (Å²) < 4.78 is 41.4. The molecule has 19 nitrogen and oxygen atoms in total. The Labute approximate surface area is 454 Å². The van der Waals surface area contributed by atoms with Crippen LogP contribution in [-0.2, 0) is 45.5 Å². The first kappa shape index (κ1) is 55.5. The number of rotatable bonds is 17. The van der Waals surface area contributed by atoms with Crippen LogP contribution in [0.5, 0.6) is 0 Å². The molecule has 6 heterocycles. The molecular weight excluding hydrogens is 1070 g/mol. The second kappa shape index (κ2) is 23.4. The molecule has 0 spiro atoms. The molecule has 24 heteroatoms. The first-order valence-electron chi connectivity index (χ1n) is 25.5. The number of primary amides is 1. The van der Waals surface area contributed by atoms with Crippen LogP contribution in [0.2, 0.25) is 0 Å². The van der Waals surface area contributed by atoms with E-state index < -0.39 is 78.6 Å². The van der Waals surface area contributed by atoms with Gasteiger partial charge in [0.2, 0.25) is 35.4 Å². The maximum Gasteiger partial charge on any atom is 0.399 e. The number of carbonyl (C=O) groups excluding carboxylic acids is 8. The SMILES string of the molecule is NC(=O)CCC(NC(=O)[C@@H]1CC[C@@H]2CCN(C(=O)CCCCCC#Cc3cccc4c3CN(C3CCC(=O)NC3=O)C4=O)C[C@H](NC(=O)c3cc4cc(C(F)(F)P(=O)(O)O)ccc4s3)C(=O)N21)c1ncc(-c2ccccc2)s1. The number of piperidine rings is 1. The summed E-state index contributed by atoms with van der Waals surface area (Å²) in [7, 11) is -5.90. The van der Waals surface area contributed by atoms with Gasteiger partial charge in [0.1, 0.15) is 23.1 Å². The summed E-state index contributed by atoms with van der Waals surface area (Å²) in [5.41, 5.74) is 2.84. The monoisotopic (exact) mass is 1120 g/mol. The summed E-state index contributed by atoms with van der Waals surface area (Å²) in [6.07, 6.45) is 5.45. The highest BCUT2D eigenvalue weighted by molar-refractivity contribution is 7.52. The second-order valence-electron chi connectivity index (χ2n) is 19.7. The van der Waals surface area contributed by atoms with Crippen LogP contribution in [-0.4, -0.2) is 114 Å². The van der Waals surface area contributed by atoms with Gasteiger partial charge in [0.05, 0.1) is 15.8 Å². The minimum absolute atomic E-state index is 0.0142. The summed E-state index contributed by atoms with van der Waals surface area (Å²) in [6, 6.07) is 14.6. The molecule has 4 aliphatic heterocycles. The van der Waals surface area contributed by atoms with Crippen LogP contribution in [0.4, 0.5) is 8.78 Å². The van der Waals surface area contributed by atoms with Gasteiger partial charge >= 0.3 is 13.3 Å². The third-order valence-corrected chi connectivity index (χ3v) is 17.7. The van der Waals surface area contributed by atoms with Gasteiger partial charge in [-0.25, -0.2) is 4.98 Å². The Morgan fingerprint density at radius 1 is 0.936 bits per heavy atom. The van der Waals surface area contributed by atoms with Gasteiger partial charge in [0.25, 0.3) is 11.8 Å². The fourth-order valence-electron chi connectivity index (χ4n) is 10.4. The predicted octanol–water partition coefficient (Wildman–Crippen LogP) is 5.83. The third kappa shape index (κ3) is 12.1. The van der Waals surface area contributed by atoms with E-state index in [9.17, 15) is 61.5 Å². The number of unbranched alkanes of at least 4 members (excludes halogenated alkanes) is 3. The molecule has 2 aromatic heterocycles. The number of amides is 8. The van der Waals surface area contributed by atoms with Crippen molar-refractivity contribution in [1.82, 2.24) is 35.6 Å². The molecule has 8 amide bonds. The van der Waals surface area contributed by atoms with Crippen LogP contribution < -0.4 is 21.7 Å². The Morgan fingerprint density at radius 2 is 1.73 bits per heavy atom. The molecule has 0 radical (unpaired) electrons. The highest BCUT2D eigenvalue weighted by Gasteiger charge is 2.51. The van der Waals surface area contributed by atoms with Crippen LogP contribution in [0.25, 0.3) is 20.5 Å². The molecule has 0 aliphatic carbocycles. The van der Waals surface area contributed by atoms with Crippen LogP contribution in [0, 0.1) is 11.8 Å². The number of nitrogens with one attached hydrogen (secondary N) is 3. The molecule has 0 bridgehead atoms. The molecule has 5 aromatic rings. The number of halogens is 2. The number of benzene rings is 3. The normalized spacial score (nSPS) is 20.0. The van der Waals surface area contributed by atoms with Crippen molar-refractivity contribution < 1.29 is 61.5 Å². The maximum atomic E-state index is 14.9. The molecule has 5 atom stereocenters. The smallest absolute Gasteiger partial charge is 0.370 e. The number of nitrogens with two attached hydrogens (primary N) is 1. The zero-order chi connectivity index (χ0) is 55.5. The number of hydrogen-bond acceptors (Lipinski definition) is 12. The Bertz CT molecular complexity index is 3320. The fraction of sp³-hybridized carbons (Fsp3) is 0.389. The number of hydrogen-bond donors (Lipinski definition) is 6. The number of thiazole rings is 1. The van der Waals surface area contributed by atoms with Gasteiger partial charge in [-0.1, -0.05) is 60.7 Å². The molecular formula is C54H55F2N8O11PS2. The van der Waals surface area contributed by atoms with Gasteiger partial charge in [0.15, 0.2) is 0 Å². The molecule has 78 heavy (non-hydrogen) atoms. The minimum atomic E-state index is -5.90. The van der Waals surface area contributed by atoms with E-state index in [1.165, 1.54) is 38.2 Å². The van der Waals surface area contributed by atoms with Crippen molar-refractivity contribution in [3.63, 3.8) is 0 Å². The second-order valence-corrected chi connectivity index (χ2v) is 23.5. The van der Waals surface area contributed by atoms with Gasteiger partial charge in [0, 0.05) is 78.9 Å². The quantitative estimate of drug-likeness (QED) is 0.0278. The van der Waals surface area contributed by atoms with Crippen molar-refractivity contribution in [3.05, 3.63) is 111 Å². The van der Waals surface area contributed by atoms with E-state index in [2.05, 4.69) is 32.8 Å². The zero-order valence-electron chi connectivity index (χ0n) is 42.0. The number of thiophene rings is 1. The van der Waals surface area contributed by atoms with E-state index in [4.69, 9.17) is 5.73 Å². The lowest BCUT2D eigenvalue weighted by Gasteiger charge is -2.39. The minimum Gasteiger partial charge on any atom is -0.370 e.